The van der Waals surface area contributed by atoms with E-state index in [4.69, 9.17) is 18.0 Å². The van der Waals surface area contributed by atoms with Gasteiger partial charge in [0.1, 0.15) is 4.99 Å². The summed E-state index contributed by atoms with van der Waals surface area (Å²) in [7, 11) is 0. The molecule has 0 aliphatic heterocycles. The second-order valence-corrected chi connectivity index (χ2v) is 4.35. The predicted molar refractivity (Wildman–Crippen MR) is 76.4 cm³/mol. The summed E-state index contributed by atoms with van der Waals surface area (Å²) in [5.41, 5.74) is 8.07. The van der Waals surface area contributed by atoms with Gasteiger partial charge in [0.2, 0.25) is 0 Å². The number of pyridine rings is 2. The number of anilines is 1. The van der Waals surface area contributed by atoms with Crippen LogP contribution in [0.4, 0.5) is 5.69 Å². The SMILES string of the molecule is CC(Nc1ccnc(C(N)=S)c1)c1ccccn1. The Kier molecular flexibility index (Phi) is 3.84. The molecule has 5 heteroatoms. The van der Waals surface area contributed by atoms with Crippen LogP contribution >= 0.6 is 12.2 Å². The highest BCUT2D eigenvalue weighted by Crippen LogP contribution is 2.17. The number of hydrogen-bond donors (Lipinski definition) is 2. The molecule has 2 aromatic rings. The zero-order valence-corrected chi connectivity index (χ0v) is 10.8. The average Bonchev–Trinajstić information content (AvgIpc) is 2.40. The Morgan fingerprint density at radius 2 is 2.11 bits per heavy atom. The molecule has 0 aliphatic carbocycles. The van der Waals surface area contributed by atoms with E-state index >= 15 is 0 Å². The van der Waals surface area contributed by atoms with Crippen molar-refractivity contribution >= 4 is 22.9 Å². The van der Waals surface area contributed by atoms with E-state index in [1.165, 1.54) is 0 Å². The standard InChI is InChI=1S/C13H14N4S/c1-9(11-4-2-3-6-15-11)17-10-5-7-16-12(8-10)13(14)18/h2-9H,1H3,(H2,14,18)(H,16,17). The zero-order chi connectivity index (χ0) is 13.0. The molecule has 0 saturated heterocycles. The minimum Gasteiger partial charge on any atom is -0.388 e. The second-order valence-electron chi connectivity index (χ2n) is 3.91. The maximum absolute atomic E-state index is 5.55. The molecule has 2 heterocycles. The molecule has 0 aliphatic rings. The molecule has 1 atom stereocenters. The molecule has 0 fully saturated rings. The molecule has 3 N–H and O–H groups in total. The number of nitrogens with one attached hydrogen (secondary N) is 1. The first-order chi connectivity index (χ1) is 8.66. The van der Waals surface area contributed by atoms with Crippen LogP contribution in [0.2, 0.25) is 0 Å². The Morgan fingerprint density at radius 1 is 1.28 bits per heavy atom. The lowest BCUT2D eigenvalue weighted by atomic mass is 10.2. The van der Waals surface area contributed by atoms with E-state index in [9.17, 15) is 0 Å². The minimum atomic E-state index is 0.104. The Labute approximate surface area is 111 Å². The van der Waals surface area contributed by atoms with E-state index < -0.39 is 0 Å². The van der Waals surface area contributed by atoms with Gasteiger partial charge >= 0.3 is 0 Å². The third kappa shape index (κ3) is 3.01. The Hall–Kier alpha value is -2.01. The number of hydrogen-bond acceptors (Lipinski definition) is 4. The molecule has 0 radical (unpaired) electrons. The average molecular weight is 258 g/mol. The van der Waals surface area contributed by atoms with Gasteiger partial charge in [0.05, 0.1) is 17.4 Å². The van der Waals surface area contributed by atoms with Gasteiger partial charge in [0.15, 0.2) is 0 Å². The first kappa shape index (κ1) is 12.4. The molecule has 0 saturated carbocycles. The topological polar surface area (TPSA) is 63.8 Å². The molecular weight excluding hydrogens is 244 g/mol. The van der Waals surface area contributed by atoms with Crippen LogP contribution in [0.1, 0.15) is 24.4 Å². The second kappa shape index (κ2) is 5.55. The van der Waals surface area contributed by atoms with Crippen LogP contribution in [0.5, 0.6) is 0 Å². The summed E-state index contributed by atoms with van der Waals surface area (Å²) in [6, 6.07) is 9.66. The summed E-state index contributed by atoms with van der Waals surface area (Å²) >= 11 is 4.90. The summed E-state index contributed by atoms with van der Waals surface area (Å²) in [6.45, 7) is 2.04. The molecule has 4 nitrogen and oxygen atoms in total. The zero-order valence-electron chi connectivity index (χ0n) is 10.00. The van der Waals surface area contributed by atoms with Crippen molar-refractivity contribution in [3.8, 4) is 0 Å². The largest absolute Gasteiger partial charge is 0.388 e. The van der Waals surface area contributed by atoms with E-state index in [0.717, 1.165) is 11.4 Å². The van der Waals surface area contributed by atoms with Gasteiger partial charge in [0.25, 0.3) is 0 Å². The smallest absolute Gasteiger partial charge is 0.122 e. The lowest BCUT2D eigenvalue weighted by Crippen LogP contribution is -2.13. The molecule has 0 aromatic carbocycles. The molecule has 18 heavy (non-hydrogen) atoms. The normalized spacial score (nSPS) is 11.8. The van der Waals surface area contributed by atoms with Crippen LogP contribution in [0.3, 0.4) is 0 Å². The van der Waals surface area contributed by atoms with Crippen LogP contribution in [-0.4, -0.2) is 15.0 Å². The van der Waals surface area contributed by atoms with Crippen LogP contribution in [-0.2, 0) is 0 Å². The summed E-state index contributed by atoms with van der Waals surface area (Å²) in [4.78, 5) is 8.70. The number of nitrogens with two attached hydrogens (primary N) is 1. The highest BCUT2D eigenvalue weighted by atomic mass is 32.1. The number of thiocarbonyl (C=S) groups is 1. The molecule has 2 aromatic heterocycles. The predicted octanol–water partition coefficient (Wildman–Crippen LogP) is 2.28. The van der Waals surface area contributed by atoms with Gasteiger partial charge in [-0.15, -0.1) is 0 Å². The van der Waals surface area contributed by atoms with Gasteiger partial charge in [-0.05, 0) is 31.2 Å². The first-order valence-corrected chi connectivity index (χ1v) is 6.01. The highest BCUT2D eigenvalue weighted by molar-refractivity contribution is 7.80. The van der Waals surface area contributed by atoms with Crippen LogP contribution in [0, 0.1) is 0 Å². The van der Waals surface area contributed by atoms with E-state index in [1.54, 1.807) is 12.4 Å². The molecule has 0 amide bonds. The molecule has 0 bridgehead atoms. The van der Waals surface area contributed by atoms with Gasteiger partial charge < -0.3 is 11.1 Å². The van der Waals surface area contributed by atoms with Crippen LogP contribution in [0.15, 0.2) is 42.7 Å². The molecule has 0 spiro atoms. The van der Waals surface area contributed by atoms with E-state index in [2.05, 4.69) is 15.3 Å². The summed E-state index contributed by atoms with van der Waals surface area (Å²) in [6.07, 6.45) is 3.46. The van der Waals surface area contributed by atoms with Gasteiger partial charge in [-0.2, -0.15) is 0 Å². The molecular formula is C13H14N4S. The number of rotatable bonds is 4. The van der Waals surface area contributed by atoms with Crippen molar-refractivity contribution in [2.75, 3.05) is 5.32 Å². The molecule has 1 unspecified atom stereocenters. The third-order valence-corrected chi connectivity index (χ3v) is 2.74. The van der Waals surface area contributed by atoms with Gasteiger partial charge in [-0.25, -0.2) is 0 Å². The van der Waals surface area contributed by atoms with E-state index in [1.807, 2.05) is 37.3 Å². The van der Waals surface area contributed by atoms with E-state index in [-0.39, 0.29) is 6.04 Å². The first-order valence-electron chi connectivity index (χ1n) is 5.60. The van der Waals surface area contributed by atoms with Gasteiger partial charge in [-0.3, -0.25) is 9.97 Å². The van der Waals surface area contributed by atoms with Gasteiger partial charge in [0, 0.05) is 18.1 Å². The molecule has 2 rings (SSSR count). The van der Waals surface area contributed by atoms with Crippen molar-refractivity contribution in [1.29, 1.82) is 0 Å². The lowest BCUT2D eigenvalue weighted by Gasteiger charge is -2.14. The van der Waals surface area contributed by atoms with Crippen molar-refractivity contribution in [1.82, 2.24) is 9.97 Å². The van der Waals surface area contributed by atoms with Crippen molar-refractivity contribution in [2.45, 2.75) is 13.0 Å². The maximum atomic E-state index is 5.55. The fourth-order valence-corrected chi connectivity index (χ4v) is 1.72. The van der Waals surface area contributed by atoms with Crippen molar-refractivity contribution in [2.24, 2.45) is 5.73 Å². The lowest BCUT2D eigenvalue weighted by molar-refractivity contribution is 0.839. The fourth-order valence-electron chi connectivity index (χ4n) is 1.61. The fraction of sp³-hybridized carbons (Fsp3) is 0.154. The Balaban J connectivity index is 2.14. The summed E-state index contributed by atoms with van der Waals surface area (Å²) < 4.78 is 0. The van der Waals surface area contributed by atoms with Crippen LogP contribution < -0.4 is 11.1 Å². The highest BCUT2D eigenvalue weighted by Gasteiger charge is 2.07. The van der Waals surface area contributed by atoms with Crippen LogP contribution in [0.25, 0.3) is 0 Å². The Bertz CT molecular complexity index is 542. The number of aromatic nitrogens is 2. The maximum Gasteiger partial charge on any atom is 0.122 e. The third-order valence-electron chi connectivity index (χ3n) is 2.53. The number of nitrogens with zero attached hydrogens (tertiary/aromatic N) is 2. The summed E-state index contributed by atoms with van der Waals surface area (Å²) in [5.74, 6) is 0. The van der Waals surface area contributed by atoms with Crippen molar-refractivity contribution in [3.05, 3.63) is 54.1 Å². The summed E-state index contributed by atoms with van der Waals surface area (Å²) in [5, 5.41) is 3.34. The van der Waals surface area contributed by atoms with Crippen molar-refractivity contribution in [3.63, 3.8) is 0 Å². The Morgan fingerprint density at radius 3 is 2.78 bits per heavy atom. The monoisotopic (exact) mass is 258 g/mol. The van der Waals surface area contributed by atoms with Gasteiger partial charge in [-0.1, -0.05) is 18.3 Å². The van der Waals surface area contributed by atoms with Crippen molar-refractivity contribution < 1.29 is 0 Å². The minimum absolute atomic E-state index is 0.104. The molecule has 92 valence electrons. The van der Waals surface area contributed by atoms with E-state index in [0.29, 0.717) is 10.7 Å². The quantitative estimate of drug-likeness (QED) is 0.824.